The van der Waals surface area contributed by atoms with Crippen LogP contribution in [0, 0.1) is 6.92 Å². The maximum Gasteiger partial charge on any atom is 0.0802 e. The summed E-state index contributed by atoms with van der Waals surface area (Å²) in [4.78, 5) is 2.08. The smallest absolute Gasteiger partial charge is 0.0802 e. The zero-order valence-corrected chi connectivity index (χ0v) is 11.8. The van der Waals surface area contributed by atoms with Gasteiger partial charge in [-0.2, -0.15) is 0 Å². The van der Waals surface area contributed by atoms with Gasteiger partial charge in [0, 0.05) is 12.1 Å². The molecule has 0 aliphatic heterocycles. The molecule has 3 heteroatoms. The van der Waals surface area contributed by atoms with Crippen LogP contribution in [-0.4, -0.2) is 40.9 Å². The molecule has 1 aromatic rings. The minimum absolute atomic E-state index is 0.115. The predicted octanol–water partition coefficient (Wildman–Crippen LogP) is 2.12. The molecule has 1 unspecified atom stereocenters. The maximum absolute atomic E-state index is 10.1. The topological polar surface area (TPSA) is 43.7 Å². The van der Waals surface area contributed by atoms with E-state index in [9.17, 15) is 10.2 Å². The van der Waals surface area contributed by atoms with Crippen molar-refractivity contribution in [2.45, 2.75) is 38.8 Å². The highest BCUT2D eigenvalue weighted by Crippen LogP contribution is 2.20. The standard InChI is InChI=1S/C15H25NO2/c1-12-6-5-7-13(10-12)14(18)8-9-16(4)15(2,3)11-17/h5-7,10,14,17-18H,8-9,11H2,1-4H3. The van der Waals surface area contributed by atoms with E-state index in [4.69, 9.17) is 0 Å². The van der Waals surface area contributed by atoms with Crippen LogP contribution >= 0.6 is 0 Å². The van der Waals surface area contributed by atoms with Crippen molar-refractivity contribution >= 4 is 0 Å². The third-order valence-electron chi connectivity index (χ3n) is 3.59. The van der Waals surface area contributed by atoms with Gasteiger partial charge in [-0.05, 0) is 39.8 Å². The highest BCUT2D eigenvalue weighted by atomic mass is 16.3. The molecule has 0 spiro atoms. The third kappa shape index (κ3) is 4.09. The van der Waals surface area contributed by atoms with Crippen LogP contribution in [0.5, 0.6) is 0 Å². The Hall–Kier alpha value is -0.900. The zero-order chi connectivity index (χ0) is 13.8. The maximum atomic E-state index is 10.1. The molecule has 0 bridgehead atoms. The van der Waals surface area contributed by atoms with Crippen molar-refractivity contribution in [1.82, 2.24) is 4.90 Å². The summed E-state index contributed by atoms with van der Waals surface area (Å²) in [6.07, 6.45) is 0.227. The van der Waals surface area contributed by atoms with Crippen LogP contribution in [0.15, 0.2) is 24.3 Å². The summed E-state index contributed by atoms with van der Waals surface area (Å²) >= 11 is 0. The molecule has 18 heavy (non-hydrogen) atoms. The molecule has 0 radical (unpaired) electrons. The van der Waals surface area contributed by atoms with Gasteiger partial charge in [-0.1, -0.05) is 29.8 Å². The van der Waals surface area contributed by atoms with Crippen molar-refractivity contribution < 1.29 is 10.2 Å². The second kappa shape index (κ2) is 6.32. The van der Waals surface area contributed by atoms with Crippen molar-refractivity contribution in [3.8, 4) is 0 Å². The first kappa shape index (κ1) is 15.2. The molecule has 1 atom stereocenters. The quantitative estimate of drug-likeness (QED) is 0.814. The molecule has 0 amide bonds. The second-order valence-corrected chi connectivity index (χ2v) is 5.61. The molecule has 0 aromatic heterocycles. The first-order valence-corrected chi connectivity index (χ1v) is 6.43. The Labute approximate surface area is 110 Å². The number of nitrogens with zero attached hydrogens (tertiary/aromatic N) is 1. The second-order valence-electron chi connectivity index (χ2n) is 5.61. The van der Waals surface area contributed by atoms with Crippen molar-refractivity contribution in [3.63, 3.8) is 0 Å². The van der Waals surface area contributed by atoms with E-state index < -0.39 is 6.10 Å². The Morgan fingerprint density at radius 3 is 2.56 bits per heavy atom. The molecule has 0 heterocycles. The van der Waals surface area contributed by atoms with Gasteiger partial charge in [-0.3, -0.25) is 4.90 Å². The predicted molar refractivity (Wildman–Crippen MR) is 74.6 cm³/mol. The summed E-state index contributed by atoms with van der Waals surface area (Å²) in [7, 11) is 1.97. The molecule has 1 aromatic carbocycles. The largest absolute Gasteiger partial charge is 0.394 e. The van der Waals surface area contributed by atoms with Crippen LogP contribution in [0.2, 0.25) is 0 Å². The SMILES string of the molecule is Cc1cccc(C(O)CCN(C)C(C)(C)CO)c1. The van der Waals surface area contributed by atoms with Gasteiger partial charge >= 0.3 is 0 Å². The minimum atomic E-state index is -0.443. The van der Waals surface area contributed by atoms with Crippen molar-refractivity contribution in [1.29, 1.82) is 0 Å². The van der Waals surface area contributed by atoms with E-state index in [-0.39, 0.29) is 12.1 Å². The molecule has 0 saturated heterocycles. The number of likely N-dealkylation sites (N-methyl/N-ethyl adjacent to an activating group) is 1. The van der Waals surface area contributed by atoms with Crippen LogP contribution in [0.4, 0.5) is 0 Å². The first-order chi connectivity index (χ1) is 8.36. The normalized spacial score (nSPS) is 13.9. The van der Waals surface area contributed by atoms with Gasteiger partial charge in [0.05, 0.1) is 12.7 Å². The molecule has 1 rings (SSSR count). The van der Waals surface area contributed by atoms with Crippen molar-refractivity contribution in [2.24, 2.45) is 0 Å². The van der Waals surface area contributed by atoms with E-state index in [2.05, 4.69) is 4.90 Å². The van der Waals surface area contributed by atoms with E-state index in [1.807, 2.05) is 52.1 Å². The van der Waals surface area contributed by atoms with Gasteiger partial charge in [-0.25, -0.2) is 0 Å². The van der Waals surface area contributed by atoms with Gasteiger partial charge in [-0.15, -0.1) is 0 Å². The summed E-state index contributed by atoms with van der Waals surface area (Å²) in [5.41, 5.74) is 1.88. The molecular formula is C15H25NO2. The molecule has 0 aliphatic rings. The van der Waals surface area contributed by atoms with Gasteiger partial charge in [0.25, 0.3) is 0 Å². The van der Waals surface area contributed by atoms with Crippen molar-refractivity contribution in [2.75, 3.05) is 20.2 Å². The summed E-state index contributed by atoms with van der Waals surface area (Å²) in [6.45, 7) is 6.88. The average Bonchev–Trinajstić information content (AvgIpc) is 2.35. The van der Waals surface area contributed by atoms with E-state index in [1.54, 1.807) is 0 Å². The Morgan fingerprint density at radius 2 is 2.00 bits per heavy atom. The Morgan fingerprint density at radius 1 is 1.33 bits per heavy atom. The number of hydrogen-bond donors (Lipinski definition) is 2. The lowest BCUT2D eigenvalue weighted by atomic mass is 10.0. The molecule has 2 N–H and O–H groups in total. The Bertz CT molecular complexity index is 377. The van der Waals surface area contributed by atoms with E-state index in [0.29, 0.717) is 6.42 Å². The zero-order valence-electron chi connectivity index (χ0n) is 11.8. The van der Waals surface area contributed by atoms with E-state index in [0.717, 1.165) is 17.7 Å². The first-order valence-electron chi connectivity index (χ1n) is 6.43. The third-order valence-corrected chi connectivity index (χ3v) is 3.59. The van der Waals surface area contributed by atoms with Gasteiger partial charge in [0.2, 0.25) is 0 Å². The molecule has 0 saturated carbocycles. The highest BCUT2D eigenvalue weighted by molar-refractivity contribution is 5.23. The lowest BCUT2D eigenvalue weighted by Gasteiger charge is -2.34. The van der Waals surface area contributed by atoms with Crippen LogP contribution in [0.1, 0.15) is 37.5 Å². The molecular weight excluding hydrogens is 226 g/mol. The average molecular weight is 251 g/mol. The molecule has 0 aliphatic carbocycles. The van der Waals surface area contributed by atoms with Gasteiger partial charge in [0.15, 0.2) is 0 Å². The number of rotatable bonds is 6. The van der Waals surface area contributed by atoms with Crippen LogP contribution in [-0.2, 0) is 0 Å². The van der Waals surface area contributed by atoms with Crippen LogP contribution in [0.3, 0.4) is 0 Å². The summed E-state index contributed by atoms with van der Waals surface area (Å²) < 4.78 is 0. The fourth-order valence-electron chi connectivity index (χ4n) is 1.78. The molecule has 0 fully saturated rings. The summed E-state index contributed by atoms with van der Waals surface area (Å²) in [5, 5.41) is 19.4. The molecule has 102 valence electrons. The van der Waals surface area contributed by atoms with Crippen LogP contribution in [0.25, 0.3) is 0 Å². The fraction of sp³-hybridized carbons (Fsp3) is 0.600. The number of aliphatic hydroxyl groups is 2. The monoisotopic (exact) mass is 251 g/mol. The van der Waals surface area contributed by atoms with Crippen molar-refractivity contribution in [3.05, 3.63) is 35.4 Å². The highest BCUT2D eigenvalue weighted by Gasteiger charge is 2.22. The fourth-order valence-corrected chi connectivity index (χ4v) is 1.78. The minimum Gasteiger partial charge on any atom is -0.394 e. The Kier molecular flexibility index (Phi) is 5.32. The van der Waals surface area contributed by atoms with E-state index >= 15 is 0 Å². The molecule has 3 nitrogen and oxygen atoms in total. The number of aryl methyl sites for hydroxylation is 1. The lowest BCUT2D eigenvalue weighted by molar-refractivity contribution is 0.0619. The number of benzene rings is 1. The number of hydrogen-bond acceptors (Lipinski definition) is 3. The summed E-state index contributed by atoms with van der Waals surface area (Å²) in [5.74, 6) is 0. The number of aliphatic hydroxyl groups excluding tert-OH is 2. The lowest BCUT2D eigenvalue weighted by Crippen LogP contribution is -2.44. The van der Waals surface area contributed by atoms with Gasteiger partial charge in [0.1, 0.15) is 0 Å². The van der Waals surface area contributed by atoms with Crippen LogP contribution < -0.4 is 0 Å². The van der Waals surface area contributed by atoms with Gasteiger partial charge < -0.3 is 10.2 Å². The summed E-state index contributed by atoms with van der Waals surface area (Å²) in [6, 6.07) is 7.96. The Balaban J connectivity index is 2.54. The van der Waals surface area contributed by atoms with E-state index in [1.165, 1.54) is 0 Å².